The molecule has 0 aromatic heterocycles. The highest BCUT2D eigenvalue weighted by Crippen LogP contribution is 2.31. The average Bonchev–Trinajstić information content (AvgIpc) is 2.51. The van der Waals surface area contributed by atoms with Gasteiger partial charge < -0.3 is 5.32 Å². The maximum Gasteiger partial charge on any atom is 0.0348 e. The van der Waals surface area contributed by atoms with E-state index in [2.05, 4.69) is 44.3 Å². The second kappa shape index (κ2) is 7.83. The third-order valence-corrected chi connectivity index (χ3v) is 4.87. The summed E-state index contributed by atoms with van der Waals surface area (Å²) in [7, 11) is 0. The Bertz CT molecular complexity index is 406. The van der Waals surface area contributed by atoms with Gasteiger partial charge in [-0.1, -0.05) is 51.8 Å². The van der Waals surface area contributed by atoms with Crippen molar-refractivity contribution in [1.82, 2.24) is 5.32 Å². The number of nitrogens with one attached hydrogen (secondary N) is 1. The number of hydrogen-bond donors (Lipinski definition) is 1. The van der Waals surface area contributed by atoms with E-state index in [0.29, 0.717) is 6.04 Å². The van der Waals surface area contributed by atoms with Crippen LogP contribution in [0.5, 0.6) is 0 Å². The second-order valence-electron chi connectivity index (χ2n) is 6.24. The van der Waals surface area contributed by atoms with Gasteiger partial charge in [0.05, 0.1) is 0 Å². The Morgan fingerprint density at radius 2 is 1.70 bits per heavy atom. The first-order chi connectivity index (χ1) is 9.80. The van der Waals surface area contributed by atoms with Crippen LogP contribution < -0.4 is 5.32 Å². The zero-order valence-electron chi connectivity index (χ0n) is 13.5. The van der Waals surface area contributed by atoms with E-state index in [1.807, 2.05) is 0 Å². The largest absolute Gasteiger partial charge is 0.310 e. The highest BCUT2D eigenvalue weighted by Gasteiger charge is 2.21. The van der Waals surface area contributed by atoms with Crippen molar-refractivity contribution in [1.29, 1.82) is 0 Å². The highest BCUT2D eigenvalue weighted by atomic mass is 14.9. The van der Waals surface area contributed by atoms with Gasteiger partial charge in [-0.05, 0) is 61.3 Å². The molecule has 0 amide bonds. The van der Waals surface area contributed by atoms with Crippen LogP contribution in [0.1, 0.15) is 75.6 Å². The molecule has 0 heterocycles. The van der Waals surface area contributed by atoms with E-state index in [1.165, 1.54) is 50.5 Å². The van der Waals surface area contributed by atoms with Crippen molar-refractivity contribution in [3.63, 3.8) is 0 Å². The molecule has 0 bridgehead atoms. The van der Waals surface area contributed by atoms with Gasteiger partial charge >= 0.3 is 0 Å². The summed E-state index contributed by atoms with van der Waals surface area (Å²) < 4.78 is 0. The van der Waals surface area contributed by atoms with Crippen LogP contribution in [0.15, 0.2) is 18.2 Å². The first kappa shape index (κ1) is 15.6. The molecule has 1 aromatic rings. The molecule has 0 saturated carbocycles. The molecule has 1 atom stereocenters. The number of fused-ring (bicyclic) bond motifs is 1. The Hall–Kier alpha value is -0.820. The zero-order chi connectivity index (χ0) is 14.4. The summed E-state index contributed by atoms with van der Waals surface area (Å²) in [6.07, 6.45) is 9.04. The van der Waals surface area contributed by atoms with E-state index in [0.717, 1.165) is 12.5 Å². The van der Waals surface area contributed by atoms with Gasteiger partial charge in [0.25, 0.3) is 0 Å². The van der Waals surface area contributed by atoms with E-state index < -0.39 is 0 Å². The molecule has 0 radical (unpaired) electrons. The maximum atomic E-state index is 3.79. The van der Waals surface area contributed by atoms with Crippen molar-refractivity contribution < 1.29 is 0 Å². The Morgan fingerprint density at radius 3 is 2.35 bits per heavy atom. The Kier molecular flexibility index (Phi) is 6.09. The van der Waals surface area contributed by atoms with Crippen molar-refractivity contribution in [2.24, 2.45) is 5.92 Å². The van der Waals surface area contributed by atoms with E-state index in [1.54, 1.807) is 11.1 Å². The first-order valence-electron chi connectivity index (χ1n) is 8.65. The summed E-state index contributed by atoms with van der Waals surface area (Å²) in [5, 5.41) is 3.79. The highest BCUT2D eigenvalue weighted by molar-refractivity contribution is 5.35. The Morgan fingerprint density at radius 1 is 1.00 bits per heavy atom. The lowest BCUT2D eigenvalue weighted by Gasteiger charge is -2.28. The fourth-order valence-electron chi connectivity index (χ4n) is 3.56. The van der Waals surface area contributed by atoms with Crippen molar-refractivity contribution >= 4 is 0 Å². The molecule has 1 aromatic carbocycles. The van der Waals surface area contributed by atoms with Crippen LogP contribution in [0, 0.1) is 5.92 Å². The van der Waals surface area contributed by atoms with E-state index >= 15 is 0 Å². The quantitative estimate of drug-likeness (QED) is 0.733. The molecule has 20 heavy (non-hydrogen) atoms. The van der Waals surface area contributed by atoms with Gasteiger partial charge in [0, 0.05) is 6.04 Å². The Labute approximate surface area is 125 Å². The molecular formula is C19H31N. The molecule has 1 unspecified atom stereocenters. The van der Waals surface area contributed by atoms with Crippen molar-refractivity contribution in [3.05, 3.63) is 34.9 Å². The van der Waals surface area contributed by atoms with E-state index in [9.17, 15) is 0 Å². The smallest absolute Gasteiger partial charge is 0.0348 e. The molecule has 2 rings (SSSR count). The molecule has 0 aliphatic heterocycles. The van der Waals surface area contributed by atoms with Gasteiger partial charge in [-0.3, -0.25) is 0 Å². The zero-order valence-corrected chi connectivity index (χ0v) is 13.5. The summed E-state index contributed by atoms with van der Waals surface area (Å²) in [5.41, 5.74) is 4.73. The molecule has 1 heteroatoms. The van der Waals surface area contributed by atoms with Gasteiger partial charge in [0.1, 0.15) is 0 Å². The molecule has 0 saturated heterocycles. The number of rotatable bonds is 7. The molecule has 1 nitrogen and oxygen atoms in total. The van der Waals surface area contributed by atoms with Crippen LogP contribution >= 0.6 is 0 Å². The molecule has 1 N–H and O–H groups in total. The normalized spacial score (nSPS) is 16.2. The monoisotopic (exact) mass is 273 g/mol. The molecule has 0 spiro atoms. The van der Waals surface area contributed by atoms with Gasteiger partial charge in [-0.15, -0.1) is 0 Å². The van der Waals surface area contributed by atoms with Gasteiger partial charge in [0.2, 0.25) is 0 Å². The lowest BCUT2D eigenvalue weighted by atomic mass is 9.84. The minimum absolute atomic E-state index is 0.539. The lowest BCUT2D eigenvalue weighted by molar-refractivity contribution is 0.341. The molecule has 112 valence electrons. The van der Waals surface area contributed by atoms with Crippen molar-refractivity contribution in [2.75, 3.05) is 6.54 Å². The van der Waals surface area contributed by atoms with Crippen LogP contribution in [0.4, 0.5) is 0 Å². The SMILES string of the molecule is CCCNC(c1ccc2c(c1)CCCC2)C(CC)CC. The minimum Gasteiger partial charge on any atom is -0.310 e. The van der Waals surface area contributed by atoms with Crippen molar-refractivity contribution in [2.45, 2.75) is 71.8 Å². The number of benzene rings is 1. The summed E-state index contributed by atoms with van der Waals surface area (Å²) >= 11 is 0. The Balaban J connectivity index is 2.22. The van der Waals surface area contributed by atoms with Crippen LogP contribution in [-0.2, 0) is 12.8 Å². The minimum atomic E-state index is 0.539. The number of hydrogen-bond acceptors (Lipinski definition) is 1. The molecular weight excluding hydrogens is 242 g/mol. The van der Waals surface area contributed by atoms with Crippen LogP contribution in [-0.4, -0.2) is 6.54 Å². The predicted octanol–water partition coefficient (Wildman–Crippen LogP) is 5.04. The second-order valence-corrected chi connectivity index (χ2v) is 6.24. The lowest BCUT2D eigenvalue weighted by Crippen LogP contribution is -2.29. The fourth-order valence-corrected chi connectivity index (χ4v) is 3.56. The van der Waals surface area contributed by atoms with Gasteiger partial charge in [0.15, 0.2) is 0 Å². The maximum absolute atomic E-state index is 3.79. The molecule has 1 aliphatic carbocycles. The van der Waals surface area contributed by atoms with E-state index in [4.69, 9.17) is 0 Å². The predicted molar refractivity (Wildman–Crippen MR) is 88.2 cm³/mol. The summed E-state index contributed by atoms with van der Waals surface area (Å²) in [6.45, 7) is 8.03. The van der Waals surface area contributed by atoms with E-state index in [-0.39, 0.29) is 0 Å². The van der Waals surface area contributed by atoms with Crippen molar-refractivity contribution in [3.8, 4) is 0 Å². The van der Waals surface area contributed by atoms with Crippen LogP contribution in [0.25, 0.3) is 0 Å². The standard InChI is InChI=1S/C19H31N/c1-4-13-20-19(15(5-2)6-3)18-12-11-16-9-7-8-10-17(16)14-18/h11-12,14-15,19-20H,4-10,13H2,1-3H3. The number of aryl methyl sites for hydroxylation is 2. The summed E-state index contributed by atoms with van der Waals surface area (Å²) in [5.74, 6) is 0.753. The summed E-state index contributed by atoms with van der Waals surface area (Å²) in [6, 6.07) is 7.82. The topological polar surface area (TPSA) is 12.0 Å². The third kappa shape index (κ3) is 3.63. The molecule has 1 aliphatic rings. The fraction of sp³-hybridized carbons (Fsp3) is 0.684. The van der Waals surface area contributed by atoms with Gasteiger partial charge in [-0.25, -0.2) is 0 Å². The van der Waals surface area contributed by atoms with Crippen LogP contribution in [0.2, 0.25) is 0 Å². The first-order valence-corrected chi connectivity index (χ1v) is 8.65. The third-order valence-electron chi connectivity index (χ3n) is 4.87. The summed E-state index contributed by atoms with van der Waals surface area (Å²) in [4.78, 5) is 0. The average molecular weight is 273 g/mol. The van der Waals surface area contributed by atoms with Crippen LogP contribution in [0.3, 0.4) is 0 Å². The van der Waals surface area contributed by atoms with Gasteiger partial charge in [-0.2, -0.15) is 0 Å². The molecule has 0 fully saturated rings.